The zero-order valence-electron chi connectivity index (χ0n) is 18.8. The maximum atomic E-state index is 13.1. The molecule has 0 radical (unpaired) electrons. The number of carbonyl (C=O) groups excluding carboxylic acids is 2. The summed E-state index contributed by atoms with van der Waals surface area (Å²) in [6, 6.07) is 16.7. The van der Waals surface area contributed by atoms with Gasteiger partial charge < -0.3 is 20.4 Å². The number of anilines is 1. The average molecular weight is 423 g/mol. The van der Waals surface area contributed by atoms with Crippen LogP contribution in [0.25, 0.3) is 0 Å². The van der Waals surface area contributed by atoms with Gasteiger partial charge in [0.2, 0.25) is 5.91 Å². The molecule has 166 valence electrons. The molecule has 0 aromatic heterocycles. The maximum absolute atomic E-state index is 13.1. The second kappa shape index (κ2) is 11.0. The molecule has 31 heavy (non-hydrogen) atoms. The molecule has 1 fully saturated rings. The number of hydrogen-bond donors (Lipinski definition) is 2. The molecule has 0 aliphatic carbocycles. The van der Waals surface area contributed by atoms with E-state index < -0.39 is 6.04 Å². The fourth-order valence-corrected chi connectivity index (χ4v) is 3.82. The van der Waals surface area contributed by atoms with Gasteiger partial charge in [-0.15, -0.1) is 0 Å². The lowest BCUT2D eigenvalue weighted by Gasteiger charge is -2.35. The zero-order valence-corrected chi connectivity index (χ0v) is 18.8. The molecule has 0 bridgehead atoms. The van der Waals surface area contributed by atoms with Gasteiger partial charge in [-0.3, -0.25) is 9.59 Å². The van der Waals surface area contributed by atoms with Gasteiger partial charge in [-0.25, -0.2) is 0 Å². The Labute approximate surface area is 185 Å². The van der Waals surface area contributed by atoms with Gasteiger partial charge in [-0.1, -0.05) is 56.7 Å². The summed E-state index contributed by atoms with van der Waals surface area (Å²) < 4.78 is 0. The molecular weight excluding hydrogens is 388 g/mol. The Morgan fingerprint density at radius 3 is 2.29 bits per heavy atom. The van der Waals surface area contributed by atoms with Crippen LogP contribution in [0.1, 0.15) is 36.2 Å². The molecule has 2 aromatic carbocycles. The lowest BCUT2D eigenvalue weighted by Crippen LogP contribution is -2.50. The van der Waals surface area contributed by atoms with Crippen LogP contribution in [0.4, 0.5) is 5.69 Å². The number of para-hydroxylation sites is 1. The van der Waals surface area contributed by atoms with E-state index in [2.05, 4.69) is 39.6 Å². The third kappa shape index (κ3) is 6.07. The van der Waals surface area contributed by atoms with Crippen LogP contribution in [0.3, 0.4) is 0 Å². The Morgan fingerprint density at radius 1 is 0.968 bits per heavy atom. The molecule has 2 amide bonds. The number of hydrogen-bond acceptors (Lipinski definition) is 4. The van der Waals surface area contributed by atoms with E-state index in [1.807, 2.05) is 44.2 Å². The molecule has 3 rings (SSSR count). The van der Waals surface area contributed by atoms with E-state index in [-0.39, 0.29) is 17.7 Å². The molecule has 0 saturated carbocycles. The Hall–Kier alpha value is -2.86. The second-order valence-corrected chi connectivity index (χ2v) is 8.34. The quantitative estimate of drug-likeness (QED) is 0.687. The highest BCUT2D eigenvalue weighted by Gasteiger charge is 2.26. The monoisotopic (exact) mass is 422 g/mol. The van der Waals surface area contributed by atoms with E-state index in [1.165, 1.54) is 5.69 Å². The van der Waals surface area contributed by atoms with Crippen LogP contribution in [0.15, 0.2) is 54.6 Å². The van der Waals surface area contributed by atoms with Crippen molar-refractivity contribution in [2.45, 2.75) is 32.9 Å². The Kier molecular flexibility index (Phi) is 8.06. The van der Waals surface area contributed by atoms with Gasteiger partial charge in [-0.2, -0.15) is 0 Å². The van der Waals surface area contributed by atoms with Crippen LogP contribution in [0, 0.1) is 5.92 Å². The molecule has 2 atom stereocenters. The van der Waals surface area contributed by atoms with E-state index in [9.17, 15) is 9.59 Å². The fourth-order valence-electron chi connectivity index (χ4n) is 3.82. The Bertz CT molecular complexity index is 863. The summed E-state index contributed by atoms with van der Waals surface area (Å²) in [6.45, 7) is 8.48. The predicted octanol–water partition coefficient (Wildman–Crippen LogP) is 2.90. The number of rotatable bonds is 8. The molecule has 2 aromatic rings. The molecule has 1 saturated heterocycles. The van der Waals surface area contributed by atoms with Crippen molar-refractivity contribution in [2.24, 2.45) is 5.92 Å². The van der Waals surface area contributed by atoms with E-state index in [4.69, 9.17) is 0 Å². The topological polar surface area (TPSA) is 64.7 Å². The summed E-state index contributed by atoms with van der Waals surface area (Å²) in [6.07, 6.45) is 0.797. The van der Waals surface area contributed by atoms with Gasteiger partial charge in [0.15, 0.2) is 0 Å². The van der Waals surface area contributed by atoms with Crippen molar-refractivity contribution in [3.8, 4) is 0 Å². The molecule has 6 heteroatoms. The first kappa shape index (κ1) is 22.8. The highest BCUT2D eigenvalue weighted by molar-refractivity contribution is 5.97. The lowest BCUT2D eigenvalue weighted by atomic mass is 9.97. The van der Waals surface area contributed by atoms with Crippen LogP contribution in [-0.4, -0.2) is 56.0 Å². The normalized spacial score (nSPS) is 16.4. The molecule has 0 spiro atoms. The number of carbonyl (C=O) groups is 2. The smallest absolute Gasteiger partial charge is 0.251 e. The standard InChI is InChI=1S/C25H34N4O2/c1-4-19(2)23(27-24(30)20-10-6-5-7-11-20)25(31)26-18-21-12-8-9-13-22(21)29-16-14-28(3)15-17-29/h5-13,19,23H,4,14-18H2,1-3H3,(H,26,31)(H,27,30). The molecule has 1 heterocycles. The van der Waals surface area contributed by atoms with Gasteiger partial charge in [0.1, 0.15) is 6.04 Å². The Morgan fingerprint density at radius 2 is 1.61 bits per heavy atom. The minimum Gasteiger partial charge on any atom is -0.369 e. The lowest BCUT2D eigenvalue weighted by molar-refractivity contribution is -0.124. The summed E-state index contributed by atoms with van der Waals surface area (Å²) in [7, 11) is 2.14. The number of amides is 2. The van der Waals surface area contributed by atoms with E-state index in [1.54, 1.807) is 12.1 Å². The summed E-state index contributed by atoms with van der Waals surface area (Å²) >= 11 is 0. The van der Waals surface area contributed by atoms with Crippen molar-refractivity contribution >= 4 is 17.5 Å². The first-order valence-corrected chi connectivity index (χ1v) is 11.1. The number of nitrogens with one attached hydrogen (secondary N) is 2. The molecule has 6 nitrogen and oxygen atoms in total. The summed E-state index contributed by atoms with van der Waals surface area (Å²) in [5, 5.41) is 6.00. The van der Waals surface area contributed by atoms with Crippen LogP contribution in [-0.2, 0) is 11.3 Å². The maximum Gasteiger partial charge on any atom is 0.251 e. The van der Waals surface area contributed by atoms with Gasteiger partial charge in [-0.05, 0) is 36.7 Å². The number of piperazine rings is 1. The first-order chi connectivity index (χ1) is 15.0. The van der Waals surface area contributed by atoms with Crippen LogP contribution < -0.4 is 15.5 Å². The number of benzene rings is 2. The second-order valence-electron chi connectivity index (χ2n) is 8.34. The van der Waals surface area contributed by atoms with E-state index >= 15 is 0 Å². The molecule has 2 unspecified atom stereocenters. The van der Waals surface area contributed by atoms with Crippen LogP contribution in [0.5, 0.6) is 0 Å². The van der Waals surface area contributed by atoms with Crippen molar-refractivity contribution < 1.29 is 9.59 Å². The van der Waals surface area contributed by atoms with Crippen molar-refractivity contribution in [1.29, 1.82) is 0 Å². The largest absolute Gasteiger partial charge is 0.369 e. The van der Waals surface area contributed by atoms with Gasteiger partial charge >= 0.3 is 0 Å². The van der Waals surface area contributed by atoms with Crippen molar-refractivity contribution in [3.63, 3.8) is 0 Å². The van der Waals surface area contributed by atoms with Gasteiger partial charge in [0.05, 0.1) is 0 Å². The predicted molar refractivity (Wildman–Crippen MR) is 125 cm³/mol. The van der Waals surface area contributed by atoms with Crippen LogP contribution >= 0.6 is 0 Å². The van der Waals surface area contributed by atoms with Gasteiger partial charge in [0.25, 0.3) is 5.91 Å². The average Bonchev–Trinajstić information content (AvgIpc) is 2.81. The summed E-state index contributed by atoms with van der Waals surface area (Å²) in [5.74, 6) is -0.341. The Balaban J connectivity index is 1.67. The SMILES string of the molecule is CCC(C)C(NC(=O)c1ccccc1)C(=O)NCc1ccccc1N1CCN(C)CC1. The number of likely N-dealkylation sites (N-methyl/N-ethyl adjacent to an activating group) is 1. The third-order valence-corrected chi connectivity index (χ3v) is 6.11. The molecule has 1 aliphatic heterocycles. The zero-order chi connectivity index (χ0) is 22.2. The van der Waals surface area contributed by atoms with Gasteiger partial charge in [0, 0.05) is 44.0 Å². The minimum absolute atomic E-state index is 0.0283. The fraction of sp³-hybridized carbons (Fsp3) is 0.440. The third-order valence-electron chi connectivity index (χ3n) is 6.11. The molecule has 1 aliphatic rings. The summed E-state index contributed by atoms with van der Waals surface area (Å²) in [5.41, 5.74) is 2.83. The van der Waals surface area contributed by atoms with Crippen molar-refractivity contribution in [3.05, 3.63) is 65.7 Å². The molecular formula is C25H34N4O2. The highest BCUT2D eigenvalue weighted by atomic mass is 16.2. The first-order valence-electron chi connectivity index (χ1n) is 11.1. The number of nitrogens with zero attached hydrogens (tertiary/aromatic N) is 2. The van der Waals surface area contributed by atoms with E-state index in [0.717, 1.165) is 38.2 Å². The van der Waals surface area contributed by atoms with Crippen molar-refractivity contribution in [2.75, 3.05) is 38.1 Å². The van der Waals surface area contributed by atoms with E-state index in [0.29, 0.717) is 12.1 Å². The summed E-state index contributed by atoms with van der Waals surface area (Å²) in [4.78, 5) is 30.4. The van der Waals surface area contributed by atoms with Crippen molar-refractivity contribution in [1.82, 2.24) is 15.5 Å². The minimum atomic E-state index is -0.575. The molecule has 2 N–H and O–H groups in total. The highest BCUT2D eigenvalue weighted by Crippen LogP contribution is 2.22. The van der Waals surface area contributed by atoms with Crippen LogP contribution in [0.2, 0.25) is 0 Å².